The molecule has 4 atom stereocenters. The molecule has 3 N–H and O–H groups in total. The number of ether oxygens (including phenoxy) is 2. The smallest absolute Gasteiger partial charge is 0.114 e. The van der Waals surface area contributed by atoms with Gasteiger partial charge in [0.05, 0.1) is 13.2 Å². The van der Waals surface area contributed by atoms with Gasteiger partial charge >= 0.3 is 0 Å². The van der Waals surface area contributed by atoms with Gasteiger partial charge in [-0.3, -0.25) is 0 Å². The summed E-state index contributed by atoms with van der Waals surface area (Å²) in [5, 5.41) is 28.7. The van der Waals surface area contributed by atoms with Gasteiger partial charge in [-0.05, 0) is 25.7 Å². The zero-order chi connectivity index (χ0) is 21.9. The van der Waals surface area contributed by atoms with Crippen LogP contribution in [0.15, 0.2) is 12.2 Å². The largest absolute Gasteiger partial charge is 0.394 e. The predicted molar refractivity (Wildman–Crippen MR) is 123 cm³/mol. The van der Waals surface area contributed by atoms with Gasteiger partial charge in [0.2, 0.25) is 0 Å². The summed E-state index contributed by atoms with van der Waals surface area (Å²) in [5.74, 6) is 0. The van der Waals surface area contributed by atoms with Crippen LogP contribution < -0.4 is 0 Å². The fourth-order valence-corrected chi connectivity index (χ4v) is 4.01. The van der Waals surface area contributed by atoms with Crippen LogP contribution in [0.3, 0.4) is 0 Å². The number of hydrogen-bond acceptors (Lipinski definition) is 5. The molecule has 0 aromatic rings. The minimum Gasteiger partial charge on any atom is -0.394 e. The molecule has 0 aromatic carbocycles. The highest BCUT2D eigenvalue weighted by molar-refractivity contribution is 4.89. The first kappa shape index (κ1) is 27.6. The van der Waals surface area contributed by atoms with E-state index in [0.29, 0.717) is 6.61 Å². The third-order valence-corrected chi connectivity index (χ3v) is 5.93. The van der Waals surface area contributed by atoms with Gasteiger partial charge in [-0.2, -0.15) is 0 Å². The Bertz CT molecular complexity index is 401. The summed E-state index contributed by atoms with van der Waals surface area (Å²) in [4.78, 5) is 0. The van der Waals surface area contributed by atoms with Crippen molar-refractivity contribution in [2.75, 3.05) is 19.8 Å². The second kappa shape index (κ2) is 19.2. The fourth-order valence-electron chi connectivity index (χ4n) is 4.01. The van der Waals surface area contributed by atoms with Crippen molar-refractivity contribution in [2.24, 2.45) is 0 Å². The highest BCUT2D eigenvalue weighted by Crippen LogP contribution is 2.21. The second-order valence-corrected chi connectivity index (χ2v) is 8.74. The number of hydrogen-bond donors (Lipinski definition) is 3. The van der Waals surface area contributed by atoms with E-state index in [4.69, 9.17) is 14.6 Å². The van der Waals surface area contributed by atoms with Crippen molar-refractivity contribution >= 4 is 0 Å². The van der Waals surface area contributed by atoms with Gasteiger partial charge in [-0.25, -0.2) is 0 Å². The number of aliphatic hydroxyl groups is 3. The molecule has 1 heterocycles. The Balaban J connectivity index is 1.82. The lowest BCUT2D eigenvalue weighted by Gasteiger charge is -2.23. The first-order valence-electron chi connectivity index (χ1n) is 12.6. The Labute approximate surface area is 184 Å². The summed E-state index contributed by atoms with van der Waals surface area (Å²) in [6.45, 7) is 2.56. The summed E-state index contributed by atoms with van der Waals surface area (Å²) < 4.78 is 11.1. The minimum atomic E-state index is -1.00. The molecule has 0 radical (unpaired) electrons. The maximum atomic E-state index is 9.90. The van der Waals surface area contributed by atoms with E-state index in [1.165, 1.54) is 83.5 Å². The molecule has 0 aromatic heterocycles. The van der Waals surface area contributed by atoms with E-state index in [2.05, 4.69) is 19.1 Å². The van der Waals surface area contributed by atoms with Crippen molar-refractivity contribution < 1.29 is 24.8 Å². The number of allylic oxidation sites excluding steroid dienone is 2. The van der Waals surface area contributed by atoms with Crippen LogP contribution in [0, 0.1) is 0 Å². The number of rotatable bonds is 20. The molecule has 5 heteroatoms. The Morgan fingerprint density at radius 3 is 1.97 bits per heavy atom. The first-order chi connectivity index (χ1) is 14.7. The molecule has 0 bridgehead atoms. The SMILES string of the molecule is CCC/C=C/CCCCCCCCCCCCCCO[C@@H]1[C@H]([C@H](O)CO)OC[C@@H]1O. The molecule has 0 spiro atoms. The average molecular weight is 429 g/mol. The molecular formula is C25H48O5. The van der Waals surface area contributed by atoms with Crippen molar-refractivity contribution in [1.29, 1.82) is 0 Å². The third kappa shape index (κ3) is 13.1. The van der Waals surface area contributed by atoms with E-state index in [-0.39, 0.29) is 13.2 Å². The average Bonchev–Trinajstić information content (AvgIpc) is 3.12. The van der Waals surface area contributed by atoms with Crippen LogP contribution in [0.25, 0.3) is 0 Å². The quantitative estimate of drug-likeness (QED) is 0.190. The van der Waals surface area contributed by atoms with Crippen LogP contribution in [-0.4, -0.2) is 59.6 Å². The van der Waals surface area contributed by atoms with E-state index >= 15 is 0 Å². The minimum absolute atomic E-state index is 0.156. The van der Waals surface area contributed by atoms with Crippen LogP contribution >= 0.6 is 0 Å². The molecule has 1 fully saturated rings. The van der Waals surface area contributed by atoms with Crippen LogP contribution in [-0.2, 0) is 9.47 Å². The predicted octanol–water partition coefficient (Wildman–Crippen LogP) is 4.91. The standard InChI is InChI=1S/C25H48O5/c1-2-3-4-5-6-7-8-9-10-11-12-13-14-15-16-17-18-19-29-25-23(28)21-30-24(25)22(27)20-26/h4-5,22-28H,2-3,6-21H2,1H3/b5-4+/t22-,23+,24+,25+/m1/s1. The van der Waals surface area contributed by atoms with Gasteiger partial charge in [-0.1, -0.05) is 89.7 Å². The fraction of sp³-hybridized carbons (Fsp3) is 0.920. The van der Waals surface area contributed by atoms with Gasteiger partial charge in [0.15, 0.2) is 0 Å². The normalized spacial score (nSPS) is 22.9. The molecular weight excluding hydrogens is 380 g/mol. The lowest BCUT2D eigenvalue weighted by atomic mass is 10.0. The highest BCUT2D eigenvalue weighted by atomic mass is 16.6. The Hall–Kier alpha value is -0.460. The summed E-state index contributed by atoms with van der Waals surface area (Å²) in [5.41, 5.74) is 0. The molecule has 0 aliphatic carbocycles. The van der Waals surface area contributed by atoms with Gasteiger partial charge in [-0.15, -0.1) is 0 Å². The molecule has 1 aliphatic heterocycles. The van der Waals surface area contributed by atoms with Crippen molar-refractivity contribution in [1.82, 2.24) is 0 Å². The van der Waals surface area contributed by atoms with E-state index in [1.807, 2.05) is 0 Å². The maximum absolute atomic E-state index is 9.90. The Kier molecular flexibility index (Phi) is 17.7. The van der Waals surface area contributed by atoms with Crippen LogP contribution in [0.2, 0.25) is 0 Å². The van der Waals surface area contributed by atoms with E-state index in [0.717, 1.165) is 12.8 Å². The van der Waals surface area contributed by atoms with E-state index in [1.54, 1.807) is 0 Å². The van der Waals surface area contributed by atoms with Gasteiger partial charge in [0.1, 0.15) is 24.4 Å². The van der Waals surface area contributed by atoms with Crippen molar-refractivity contribution in [3.05, 3.63) is 12.2 Å². The zero-order valence-electron chi connectivity index (χ0n) is 19.4. The Morgan fingerprint density at radius 2 is 1.40 bits per heavy atom. The summed E-state index contributed by atoms with van der Waals surface area (Å²) in [6.07, 6.45) is 21.0. The van der Waals surface area contributed by atoms with Crippen molar-refractivity contribution in [3.8, 4) is 0 Å². The number of unbranched alkanes of at least 4 members (excludes halogenated alkanes) is 13. The first-order valence-corrected chi connectivity index (χ1v) is 12.6. The lowest BCUT2D eigenvalue weighted by molar-refractivity contribution is -0.0938. The van der Waals surface area contributed by atoms with Crippen LogP contribution in [0.4, 0.5) is 0 Å². The van der Waals surface area contributed by atoms with E-state index in [9.17, 15) is 10.2 Å². The van der Waals surface area contributed by atoms with Crippen LogP contribution in [0.5, 0.6) is 0 Å². The molecule has 0 amide bonds. The van der Waals surface area contributed by atoms with E-state index < -0.39 is 24.4 Å². The second-order valence-electron chi connectivity index (χ2n) is 8.74. The van der Waals surface area contributed by atoms with Crippen LogP contribution in [0.1, 0.15) is 103 Å². The molecule has 0 unspecified atom stereocenters. The highest BCUT2D eigenvalue weighted by Gasteiger charge is 2.40. The summed E-state index contributed by atoms with van der Waals surface area (Å²) in [7, 11) is 0. The lowest BCUT2D eigenvalue weighted by Crippen LogP contribution is -2.42. The third-order valence-electron chi connectivity index (χ3n) is 5.93. The molecule has 178 valence electrons. The Morgan fingerprint density at radius 1 is 0.867 bits per heavy atom. The van der Waals surface area contributed by atoms with Gasteiger partial charge in [0, 0.05) is 6.61 Å². The molecule has 30 heavy (non-hydrogen) atoms. The topological polar surface area (TPSA) is 79.2 Å². The summed E-state index contributed by atoms with van der Waals surface area (Å²) in [6, 6.07) is 0. The monoisotopic (exact) mass is 428 g/mol. The molecule has 5 nitrogen and oxygen atoms in total. The molecule has 0 saturated carbocycles. The summed E-state index contributed by atoms with van der Waals surface area (Å²) >= 11 is 0. The number of aliphatic hydroxyl groups excluding tert-OH is 3. The van der Waals surface area contributed by atoms with Gasteiger partial charge < -0.3 is 24.8 Å². The molecule has 1 aliphatic rings. The molecule has 1 rings (SSSR count). The molecule has 1 saturated heterocycles. The van der Waals surface area contributed by atoms with Gasteiger partial charge in [0.25, 0.3) is 0 Å². The zero-order valence-corrected chi connectivity index (χ0v) is 19.4. The maximum Gasteiger partial charge on any atom is 0.114 e. The van der Waals surface area contributed by atoms with Crippen molar-refractivity contribution in [3.63, 3.8) is 0 Å². The van der Waals surface area contributed by atoms with Crippen molar-refractivity contribution in [2.45, 2.75) is 128 Å².